The maximum Gasteiger partial charge on any atom is 0.308 e. The van der Waals surface area contributed by atoms with Crippen molar-refractivity contribution in [1.29, 1.82) is 0 Å². The zero-order valence-corrected chi connectivity index (χ0v) is 23.6. The lowest BCUT2D eigenvalue weighted by molar-refractivity contribution is -0.206. The zero-order valence-electron chi connectivity index (χ0n) is 23.6. The molecule has 2 N–H and O–H groups in total. The number of carbonyl (C=O) groups is 2. The van der Waals surface area contributed by atoms with Gasteiger partial charge in [-0.25, -0.2) is 0 Å². The van der Waals surface area contributed by atoms with Crippen LogP contribution in [0, 0.1) is 52.3 Å². The maximum absolute atomic E-state index is 12.4. The van der Waals surface area contributed by atoms with Gasteiger partial charge in [0.1, 0.15) is 5.60 Å². The highest BCUT2D eigenvalue weighted by atomic mass is 16.6. The summed E-state index contributed by atoms with van der Waals surface area (Å²) >= 11 is 0. The van der Waals surface area contributed by atoms with Crippen LogP contribution in [0.1, 0.15) is 99.3 Å². The van der Waals surface area contributed by atoms with Gasteiger partial charge in [0.2, 0.25) is 0 Å². The molecule has 9 unspecified atom stereocenters. The number of esters is 2. The third kappa shape index (κ3) is 4.74. The molecule has 4 aliphatic carbocycles. The molecule has 0 aromatic heterocycles. The average Bonchev–Trinajstić information content (AvgIpc) is 3.15. The third-order valence-corrected chi connectivity index (χ3v) is 11.3. The molecule has 0 heterocycles. The Morgan fingerprint density at radius 2 is 1.72 bits per heavy atom. The summed E-state index contributed by atoms with van der Waals surface area (Å²) in [7, 11) is 1.46. The quantitative estimate of drug-likeness (QED) is 0.502. The van der Waals surface area contributed by atoms with Crippen molar-refractivity contribution in [2.75, 3.05) is 7.11 Å². The van der Waals surface area contributed by atoms with Gasteiger partial charge in [-0.1, -0.05) is 20.8 Å². The van der Waals surface area contributed by atoms with Crippen LogP contribution in [0.15, 0.2) is 0 Å². The standard InChI is InChI=1S/C30H50O6/c1-17(8-11-25(33)36-28(2,3)4)20-9-10-21-26-22(16-24(32)30(20,21)6)29(5)13-12-18(27(34)35-7)14-19(29)15-23(26)31/h17-24,26,31-32H,8-16H2,1-7H3/t17?,18?,19?,20?,21?,22?,23?,24?,26?,29-,30+/m0/s1. The van der Waals surface area contributed by atoms with Crippen molar-refractivity contribution in [3.05, 3.63) is 0 Å². The second-order valence-corrected chi connectivity index (χ2v) is 14.2. The van der Waals surface area contributed by atoms with E-state index >= 15 is 0 Å². The number of aliphatic hydroxyl groups excluding tert-OH is 2. The molecule has 0 aromatic carbocycles. The highest BCUT2D eigenvalue weighted by Crippen LogP contribution is 2.68. The predicted molar refractivity (Wildman–Crippen MR) is 138 cm³/mol. The van der Waals surface area contributed by atoms with E-state index in [1.165, 1.54) is 7.11 Å². The highest BCUT2D eigenvalue weighted by Gasteiger charge is 2.65. The van der Waals surface area contributed by atoms with Crippen LogP contribution in [0.4, 0.5) is 0 Å². The van der Waals surface area contributed by atoms with Crippen LogP contribution < -0.4 is 0 Å². The van der Waals surface area contributed by atoms with E-state index in [0.717, 1.165) is 51.4 Å². The Labute approximate surface area is 217 Å². The lowest BCUT2D eigenvalue weighted by Gasteiger charge is -2.63. The zero-order chi connectivity index (χ0) is 26.6. The van der Waals surface area contributed by atoms with Crippen LogP contribution in [0.25, 0.3) is 0 Å². The van der Waals surface area contributed by atoms with Gasteiger partial charge in [0.25, 0.3) is 0 Å². The van der Waals surface area contributed by atoms with E-state index < -0.39 is 17.8 Å². The number of ether oxygens (including phenoxy) is 2. The lowest BCUT2D eigenvalue weighted by Crippen LogP contribution is -2.62. The fourth-order valence-electron chi connectivity index (χ4n) is 9.47. The smallest absolute Gasteiger partial charge is 0.308 e. The van der Waals surface area contributed by atoms with Gasteiger partial charge in [-0.15, -0.1) is 0 Å². The first-order valence-electron chi connectivity index (χ1n) is 14.4. The van der Waals surface area contributed by atoms with Crippen LogP contribution in [0.5, 0.6) is 0 Å². The Bertz CT molecular complexity index is 834. The van der Waals surface area contributed by atoms with Crippen molar-refractivity contribution in [2.24, 2.45) is 52.3 Å². The molecule has 36 heavy (non-hydrogen) atoms. The summed E-state index contributed by atoms with van der Waals surface area (Å²) in [4.78, 5) is 24.6. The van der Waals surface area contributed by atoms with Gasteiger partial charge < -0.3 is 19.7 Å². The summed E-state index contributed by atoms with van der Waals surface area (Å²) in [6, 6.07) is 0. The molecular formula is C30H50O6. The second kappa shape index (κ2) is 9.87. The molecule has 6 heteroatoms. The molecule has 0 aliphatic heterocycles. The van der Waals surface area contributed by atoms with Crippen molar-refractivity contribution in [3.8, 4) is 0 Å². The Morgan fingerprint density at radius 3 is 2.36 bits per heavy atom. The van der Waals surface area contributed by atoms with Crippen LogP contribution in [0.2, 0.25) is 0 Å². The van der Waals surface area contributed by atoms with Gasteiger partial charge in [-0.05, 0) is 118 Å². The van der Waals surface area contributed by atoms with Gasteiger partial charge in [-0.2, -0.15) is 0 Å². The molecule has 0 saturated heterocycles. The predicted octanol–water partition coefficient (Wildman–Crippen LogP) is 5.13. The first kappa shape index (κ1) is 27.9. The maximum atomic E-state index is 12.4. The molecule has 0 spiro atoms. The fraction of sp³-hybridized carbons (Fsp3) is 0.933. The van der Waals surface area contributed by atoms with Crippen LogP contribution in [0.3, 0.4) is 0 Å². The molecule has 4 rings (SSSR count). The summed E-state index contributed by atoms with van der Waals surface area (Å²) in [6.07, 6.45) is 6.46. The molecule has 0 amide bonds. The van der Waals surface area contributed by atoms with Crippen LogP contribution in [-0.4, -0.2) is 47.1 Å². The van der Waals surface area contributed by atoms with E-state index in [0.29, 0.717) is 18.3 Å². The minimum atomic E-state index is -0.472. The molecule has 206 valence electrons. The molecule has 6 nitrogen and oxygen atoms in total. The van der Waals surface area contributed by atoms with Crippen molar-refractivity contribution in [3.63, 3.8) is 0 Å². The normalized spacial score (nSPS) is 45.1. The SMILES string of the molecule is COC(=O)C1CC[C@@]2(C)C(C1)CC(O)C1C2CC(O)[C@]2(C)C(C(C)CCC(=O)OC(C)(C)C)CCC12. The molecule has 0 bridgehead atoms. The van der Waals surface area contributed by atoms with E-state index in [-0.39, 0.29) is 52.4 Å². The molecule has 0 aromatic rings. The Hall–Kier alpha value is -1.14. The summed E-state index contributed by atoms with van der Waals surface area (Å²) in [5, 5.41) is 23.3. The minimum Gasteiger partial charge on any atom is -0.469 e. The first-order chi connectivity index (χ1) is 16.7. The molecular weight excluding hydrogens is 456 g/mol. The van der Waals surface area contributed by atoms with Crippen LogP contribution in [-0.2, 0) is 19.1 Å². The summed E-state index contributed by atoms with van der Waals surface area (Å²) in [5.41, 5.74) is -0.681. The number of hydrogen-bond donors (Lipinski definition) is 2. The van der Waals surface area contributed by atoms with E-state index in [1.54, 1.807) is 0 Å². The van der Waals surface area contributed by atoms with Crippen molar-refractivity contribution in [2.45, 2.75) is 117 Å². The van der Waals surface area contributed by atoms with Gasteiger partial charge >= 0.3 is 11.9 Å². The van der Waals surface area contributed by atoms with Gasteiger partial charge in [0, 0.05) is 6.42 Å². The summed E-state index contributed by atoms with van der Waals surface area (Å²) < 4.78 is 10.6. The Morgan fingerprint density at radius 1 is 1.03 bits per heavy atom. The average molecular weight is 507 g/mol. The van der Waals surface area contributed by atoms with Crippen molar-refractivity contribution >= 4 is 11.9 Å². The molecule has 11 atom stereocenters. The van der Waals surface area contributed by atoms with E-state index in [2.05, 4.69) is 20.8 Å². The number of fused-ring (bicyclic) bond motifs is 5. The third-order valence-electron chi connectivity index (χ3n) is 11.3. The van der Waals surface area contributed by atoms with Gasteiger partial charge in [0.15, 0.2) is 0 Å². The van der Waals surface area contributed by atoms with Crippen molar-refractivity contribution < 1.29 is 29.3 Å². The number of aliphatic hydroxyl groups is 2. The van der Waals surface area contributed by atoms with E-state index in [1.807, 2.05) is 20.8 Å². The number of carbonyl (C=O) groups excluding carboxylic acids is 2. The first-order valence-corrected chi connectivity index (χ1v) is 14.4. The van der Waals surface area contributed by atoms with E-state index in [9.17, 15) is 19.8 Å². The van der Waals surface area contributed by atoms with Crippen LogP contribution >= 0.6 is 0 Å². The molecule has 4 aliphatic rings. The Kier molecular flexibility index (Phi) is 7.65. The lowest BCUT2D eigenvalue weighted by atomic mass is 9.42. The van der Waals surface area contributed by atoms with Gasteiger partial charge in [-0.3, -0.25) is 9.59 Å². The molecule has 4 saturated carbocycles. The topological polar surface area (TPSA) is 93.1 Å². The largest absolute Gasteiger partial charge is 0.469 e. The molecule has 4 fully saturated rings. The summed E-state index contributed by atoms with van der Waals surface area (Å²) in [6.45, 7) is 12.5. The second-order valence-electron chi connectivity index (χ2n) is 14.2. The minimum absolute atomic E-state index is 0.0388. The Balaban J connectivity index is 1.50. The highest BCUT2D eigenvalue weighted by molar-refractivity contribution is 5.72. The monoisotopic (exact) mass is 506 g/mol. The number of rotatable bonds is 5. The fourth-order valence-corrected chi connectivity index (χ4v) is 9.47. The molecule has 0 radical (unpaired) electrons. The number of methoxy groups -OCH3 is 1. The van der Waals surface area contributed by atoms with Crippen molar-refractivity contribution in [1.82, 2.24) is 0 Å². The summed E-state index contributed by atoms with van der Waals surface area (Å²) in [5.74, 6) is 1.32. The number of hydrogen-bond acceptors (Lipinski definition) is 6. The van der Waals surface area contributed by atoms with Gasteiger partial charge in [0.05, 0.1) is 25.2 Å². The van der Waals surface area contributed by atoms with E-state index in [4.69, 9.17) is 9.47 Å².